The van der Waals surface area contributed by atoms with Crippen LogP contribution in [0.2, 0.25) is 0 Å². The SMILES string of the molecule is CCOC(=O)[C@@H](C)Oc1ccc2cc(Oc3cc(-n4c(=O)cc(C(F)(F)F)n(C)c4=O)c(F)cc3C#N)ccc2c1. The van der Waals surface area contributed by atoms with Gasteiger partial charge < -0.3 is 14.2 Å². The van der Waals surface area contributed by atoms with Gasteiger partial charge >= 0.3 is 17.8 Å². The van der Waals surface area contributed by atoms with Crippen LogP contribution in [-0.2, 0) is 22.8 Å². The smallest absolute Gasteiger partial charge is 0.431 e. The van der Waals surface area contributed by atoms with E-state index < -0.39 is 46.7 Å². The molecule has 3 aromatic carbocycles. The van der Waals surface area contributed by atoms with Crippen molar-refractivity contribution in [2.24, 2.45) is 7.05 Å². The highest BCUT2D eigenvalue weighted by atomic mass is 19.4. The Morgan fingerprint density at radius 1 is 1.02 bits per heavy atom. The van der Waals surface area contributed by atoms with Gasteiger partial charge in [0, 0.05) is 19.2 Å². The van der Waals surface area contributed by atoms with E-state index in [1.807, 2.05) is 0 Å². The first-order chi connectivity index (χ1) is 19.3. The molecule has 0 spiro atoms. The number of carbonyl (C=O) groups is 1. The van der Waals surface area contributed by atoms with Crippen LogP contribution in [0, 0.1) is 17.1 Å². The lowest BCUT2D eigenvalue weighted by Gasteiger charge is -2.16. The third kappa shape index (κ3) is 5.91. The molecule has 4 rings (SSSR count). The predicted octanol–water partition coefficient (Wildman–Crippen LogP) is 4.84. The minimum Gasteiger partial charge on any atom is -0.479 e. The molecule has 0 aliphatic rings. The van der Waals surface area contributed by atoms with Gasteiger partial charge in [-0.3, -0.25) is 9.36 Å². The number of halogens is 4. The van der Waals surface area contributed by atoms with Crippen molar-refractivity contribution in [3.63, 3.8) is 0 Å². The van der Waals surface area contributed by atoms with Crippen LogP contribution in [0.4, 0.5) is 17.6 Å². The molecule has 9 nitrogen and oxygen atoms in total. The van der Waals surface area contributed by atoms with E-state index in [1.54, 1.807) is 50.2 Å². The fourth-order valence-electron chi connectivity index (χ4n) is 3.98. The zero-order chi connectivity index (χ0) is 30.1. The molecule has 0 fully saturated rings. The van der Waals surface area contributed by atoms with Crippen molar-refractivity contribution in [3.05, 3.63) is 92.5 Å². The molecule has 1 aromatic heterocycles. The van der Waals surface area contributed by atoms with Gasteiger partial charge in [-0.1, -0.05) is 12.1 Å². The Morgan fingerprint density at radius 2 is 1.66 bits per heavy atom. The van der Waals surface area contributed by atoms with Crippen LogP contribution in [0.25, 0.3) is 16.5 Å². The number of nitriles is 1. The molecule has 0 amide bonds. The fourth-order valence-corrected chi connectivity index (χ4v) is 3.98. The second kappa shape index (κ2) is 11.2. The van der Waals surface area contributed by atoms with E-state index in [0.717, 1.165) is 13.1 Å². The molecule has 0 aliphatic carbocycles. The van der Waals surface area contributed by atoms with Crippen molar-refractivity contribution in [2.45, 2.75) is 26.1 Å². The summed E-state index contributed by atoms with van der Waals surface area (Å²) in [5, 5.41) is 10.9. The lowest BCUT2D eigenvalue weighted by Crippen LogP contribution is -2.41. The summed E-state index contributed by atoms with van der Waals surface area (Å²) in [4.78, 5) is 37.0. The minimum atomic E-state index is -4.99. The summed E-state index contributed by atoms with van der Waals surface area (Å²) in [6, 6.07) is 13.3. The van der Waals surface area contributed by atoms with Gasteiger partial charge in [-0.25, -0.2) is 18.5 Å². The number of ether oxygens (including phenoxy) is 3. The topological polar surface area (TPSA) is 113 Å². The average molecular weight is 571 g/mol. The molecule has 1 heterocycles. The van der Waals surface area contributed by atoms with Gasteiger partial charge in [0.15, 0.2) is 6.10 Å². The Balaban J connectivity index is 1.70. The molecule has 0 bridgehead atoms. The fraction of sp³-hybridized carbons (Fsp3) is 0.214. The quantitative estimate of drug-likeness (QED) is 0.230. The Morgan fingerprint density at radius 3 is 2.27 bits per heavy atom. The Kier molecular flexibility index (Phi) is 7.86. The maximum atomic E-state index is 14.9. The van der Waals surface area contributed by atoms with Crippen molar-refractivity contribution in [2.75, 3.05) is 6.61 Å². The first kappa shape index (κ1) is 28.9. The zero-order valence-corrected chi connectivity index (χ0v) is 21.8. The number of nitrogens with zero attached hydrogens (tertiary/aromatic N) is 3. The molecular weight excluding hydrogens is 550 g/mol. The third-order valence-electron chi connectivity index (χ3n) is 5.96. The van der Waals surface area contributed by atoms with E-state index in [4.69, 9.17) is 14.2 Å². The van der Waals surface area contributed by atoms with Gasteiger partial charge in [-0.05, 0) is 55.0 Å². The summed E-state index contributed by atoms with van der Waals surface area (Å²) in [6.07, 6.45) is -5.83. The van der Waals surface area contributed by atoms with E-state index in [1.165, 1.54) is 6.07 Å². The van der Waals surface area contributed by atoms with E-state index in [9.17, 15) is 37.2 Å². The first-order valence-corrected chi connectivity index (χ1v) is 12.0. The Hall–Kier alpha value is -5.12. The lowest BCUT2D eigenvalue weighted by atomic mass is 10.1. The molecule has 0 aliphatic heterocycles. The standard InChI is InChI=1S/C28H21F4N3O6/c1-4-39-26(37)15(2)40-19-7-5-17-10-20(8-6-16(17)9-19)41-23-12-22(21(29)11-18(23)14-33)35-25(36)13-24(28(30,31)32)34(3)27(35)38/h5-13,15H,4H2,1-3H3/t15-/m1/s1. The number of hydrogen-bond donors (Lipinski definition) is 0. The summed E-state index contributed by atoms with van der Waals surface area (Å²) in [5.74, 6) is -1.37. The average Bonchev–Trinajstić information content (AvgIpc) is 2.91. The number of carbonyl (C=O) groups excluding carboxylic acids is 1. The highest BCUT2D eigenvalue weighted by Crippen LogP contribution is 2.32. The number of esters is 1. The number of alkyl halides is 3. The van der Waals surface area contributed by atoms with E-state index in [2.05, 4.69) is 0 Å². The van der Waals surface area contributed by atoms with Gasteiger partial charge in [-0.15, -0.1) is 0 Å². The van der Waals surface area contributed by atoms with Crippen molar-refractivity contribution < 1.29 is 36.6 Å². The molecule has 0 saturated heterocycles. The van der Waals surface area contributed by atoms with Crippen LogP contribution in [0.3, 0.4) is 0 Å². The molecule has 41 heavy (non-hydrogen) atoms. The second-order valence-electron chi connectivity index (χ2n) is 8.74. The van der Waals surface area contributed by atoms with Crippen LogP contribution in [0.15, 0.2) is 64.2 Å². The van der Waals surface area contributed by atoms with E-state index >= 15 is 0 Å². The van der Waals surface area contributed by atoms with Crippen LogP contribution in [0.1, 0.15) is 25.1 Å². The summed E-state index contributed by atoms with van der Waals surface area (Å²) >= 11 is 0. The Bertz CT molecular complexity index is 1820. The monoisotopic (exact) mass is 571 g/mol. The van der Waals surface area contributed by atoms with Crippen molar-refractivity contribution in [1.29, 1.82) is 5.26 Å². The highest BCUT2D eigenvalue weighted by Gasteiger charge is 2.35. The Labute approximate surface area is 229 Å². The molecule has 0 N–H and O–H groups in total. The molecule has 0 unspecified atom stereocenters. The molecule has 13 heteroatoms. The highest BCUT2D eigenvalue weighted by molar-refractivity contribution is 5.85. The van der Waals surface area contributed by atoms with Gasteiger partial charge in [0.2, 0.25) is 0 Å². The molecular formula is C28H21F4N3O6. The molecule has 1 atom stereocenters. The number of benzene rings is 3. The largest absolute Gasteiger partial charge is 0.479 e. The predicted molar refractivity (Wildman–Crippen MR) is 138 cm³/mol. The lowest BCUT2D eigenvalue weighted by molar-refractivity contribution is -0.150. The summed E-state index contributed by atoms with van der Waals surface area (Å²) in [5.41, 5.74) is -5.36. The maximum Gasteiger partial charge on any atom is 0.431 e. The number of rotatable bonds is 7. The molecule has 212 valence electrons. The molecule has 0 radical (unpaired) electrons. The first-order valence-electron chi connectivity index (χ1n) is 12.0. The minimum absolute atomic E-state index is 0.175. The summed E-state index contributed by atoms with van der Waals surface area (Å²) in [6.45, 7) is 3.45. The van der Waals surface area contributed by atoms with Crippen molar-refractivity contribution in [1.82, 2.24) is 9.13 Å². The van der Waals surface area contributed by atoms with Crippen molar-refractivity contribution >= 4 is 16.7 Å². The van der Waals surface area contributed by atoms with E-state index in [-0.39, 0.29) is 38.9 Å². The number of aromatic nitrogens is 2. The van der Waals surface area contributed by atoms with E-state index in [0.29, 0.717) is 22.6 Å². The van der Waals surface area contributed by atoms with Crippen LogP contribution in [0.5, 0.6) is 17.2 Å². The third-order valence-corrected chi connectivity index (χ3v) is 5.96. The normalized spacial score (nSPS) is 12.0. The second-order valence-corrected chi connectivity index (χ2v) is 8.74. The van der Waals surface area contributed by atoms with Gasteiger partial charge in [0.25, 0.3) is 5.56 Å². The van der Waals surface area contributed by atoms with Gasteiger partial charge in [0.05, 0.1) is 17.9 Å². The molecule has 4 aromatic rings. The van der Waals surface area contributed by atoms with Gasteiger partial charge in [0.1, 0.15) is 34.8 Å². The van der Waals surface area contributed by atoms with Crippen molar-refractivity contribution in [3.8, 4) is 29.0 Å². The summed E-state index contributed by atoms with van der Waals surface area (Å²) in [7, 11) is 0.795. The number of hydrogen-bond acceptors (Lipinski definition) is 7. The number of fused-ring (bicyclic) bond motifs is 1. The summed E-state index contributed by atoms with van der Waals surface area (Å²) < 4.78 is 71.3. The van der Waals surface area contributed by atoms with Gasteiger partial charge in [-0.2, -0.15) is 18.4 Å². The van der Waals surface area contributed by atoms with Crippen LogP contribution >= 0.6 is 0 Å². The maximum absolute atomic E-state index is 14.9. The van der Waals surface area contributed by atoms with Crippen LogP contribution < -0.4 is 20.7 Å². The zero-order valence-electron chi connectivity index (χ0n) is 21.8. The molecule has 0 saturated carbocycles. The van der Waals surface area contributed by atoms with Crippen LogP contribution in [-0.4, -0.2) is 27.8 Å².